The summed E-state index contributed by atoms with van der Waals surface area (Å²) in [6, 6.07) is 0.268. The van der Waals surface area contributed by atoms with Gasteiger partial charge >= 0.3 is 0 Å². The molecule has 1 aliphatic heterocycles. The standard InChI is InChI=1S/C10H22N2O2S/c1-3-4-5-7-12-9-10(2)11-6-8-15(12,13)14/h10-11H,3-9H2,1-2H3. The Morgan fingerprint density at radius 3 is 2.80 bits per heavy atom. The number of sulfonamides is 1. The Labute approximate surface area is 93.1 Å². The van der Waals surface area contributed by atoms with E-state index < -0.39 is 10.0 Å². The van der Waals surface area contributed by atoms with Gasteiger partial charge in [-0.15, -0.1) is 0 Å². The van der Waals surface area contributed by atoms with Gasteiger partial charge in [0.15, 0.2) is 0 Å². The third-order valence-electron chi connectivity index (χ3n) is 2.73. The first kappa shape index (κ1) is 12.9. The van der Waals surface area contributed by atoms with Gasteiger partial charge in [-0.25, -0.2) is 12.7 Å². The molecule has 1 saturated heterocycles. The van der Waals surface area contributed by atoms with E-state index in [1.807, 2.05) is 6.92 Å². The molecule has 1 aliphatic rings. The maximum Gasteiger partial charge on any atom is 0.215 e. The van der Waals surface area contributed by atoms with Crippen LogP contribution in [0.5, 0.6) is 0 Å². The highest BCUT2D eigenvalue weighted by Gasteiger charge is 2.26. The van der Waals surface area contributed by atoms with Crippen molar-refractivity contribution in [1.29, 1.82) is 0 Å². The van der Waals surface area contributed by atoms with Gasteiger partial charge in [-0.3, -0.25) is 0 Å². The number of hydrogen-bond donors (Lipinski definition) is 1. The van der Waals surface area contributed by atoms with Gasteiger partial charge in [-0.1, -0.05) is 19.8 Å². The molecule has 0 aromatic rings. The molecule has 90 valence electrons. The third kappa shape index (κ3) is 4.09. The molecule has 0 bridgehead atoms. The van der Waals surface area contributed by atoms with Crippen molar-refractivity contribution in [3.63, 3.8) is 0 Å². The van der Waals surface area contributed by atoms with E-state index in [0.29, 0.717) is 19.6 Å². The molecule has 5 heteroatoms. The van der Waals surface area contributed by atoms with E-state index >= 15 is 0 Å². The van der Waals surface area contributed by atoms with Crippen molar-refractivity contribution in [3.05, 3.63) is 0 Å². The lowest BCUT2D eigenvalue weighted by Gasteiger charge is -2.21. The molecule has 0 aliphatic carbocycles. The number of hydrogen-bond acceptors (Lipinski definition) is 3. The molecule has 0 aromatic heterocycles. The van der Waals surface area contributed by atoms with Gasteiger partial charge in [0.05, 0.1) is 5.75 Å². The van der Waals surface area contributed by atoms with Crippen LogP contribution in [-0.2, 0) is 10.0 Å². The molecule has 0 amide bonds. The van der Waals surface area contributed by atoms with E-state index in [9.17, 15) is 8.42 Å². The molecule has 1 heterocycles. The van der Waals surface area contributed by atoms with E-state index in [4.69, 9.17) is 0 Å². The molecule has 1 fully saturated rings. The van der Waals surface area contributed by atoms with Crippen LogP contribution in [0.2, 0.25) is 0 Å². The molecular formula is C10H22N2O2S. The summed E-state index contributed by atoms with van der Waals surface area (Å²) in [7, 11) is -3.00. The lowest BCUT2D eigenvalue weighted by Crippen LogP contribution is -2.38. The Kier molecular flexibility index (Phi) is 5.02. The van der Waals surface area contributed by atoms with Gasteiger partial charge in [-0.05, 0) is 13.3 Å². The molecule has 0 spiro atoms. The predicted octanol–water partition coefficient (Wildman–Crippen LogP) is 0.800. The third-order valence-corrected chi connectivity index (χ3v) is 4.57. The van der Waals surface area contributed by atoms with Gasteiger partial charge in [-0.2, -0.15) is 0 Å². The molecule has 4 nitrogen and oxygen atoms in total. The minimum absolute atomic E-state index is 0.240. The van der Waals surface area contributed by atoms with Crippen molar-refractivity contribution >= 4 is 10.0 Å². The second-order valence-corrected chi connectivity index (χ2v) is 6.32. The average molecular weight is 234 g/mol. The highest BCUT2D eigenvalue weighted by Crippen LogP contribution is 2.09. The topological polar surface area (TPSA) is 49.4 Å². The lowest BCUT2D eigenvalue weighted by atomic mass is 10.2. The summed E-state index contributed by atoms with van der Waals surface area (Å²) >= 11 is 0. The predicted molar refractivity (Wildman–Crippen MR) is 62.3 cm³/mol. The van der Waals surface area contributed by atoms with Crippen LogP contribution in [-0.4, -0.2) is 44.2 Å². The Morgan fingerprint density at radius 1 is 1.40 bits per heavy atom. The molecular weight excluding hydrogens is 212 g/mol. The minimum atomic E-state index is -3.00. The van der Waals surface area contributed by atoms with E-state index in [0.717, 1.165) is 19.3 Å². The van der Waals surface area contributed by atoms with Crippen LogP contribution in [0, 0.1) is 0 Å². The van der Waals surface area contributed by atoms with Gasteiger partial charge in [0.25, 0.3) is 0 Å². The van der Waals surface area contributed by atoms with E-state index in [1.165, 1.54) is 0 Å². The van der Waals surface area contributed by atoms with Crippen LogP contribution in [0.25, 0.3) is 0 Å². The van der Waals surface area contributed by atoms with Crippen LogP contribution < -0.4 is 5.32 Å². The number of rotatable bonds is 4. The van der Waals surface area contributed by atoms with Crippen LogP contribution >= 0.6 is 0 Å². The first-order valence-corrected chi connectivity index (χ1v) is 7.38. The summed E-state index contributed by atoms with van der Waals surface area (Å²) in [6.45, 7) is 6.04. The summed E-state index contributed by atoms with van der Waals surface area (Å²) in [5, 5.41) is 3.20. The Morgan fingerprint density at radius 2 is 2.13 bits per heavy atom. The number of unbranched alkanes of at least 4 members (excludes halogenated alkanes) is 2. The average Bonchev–Trinajstić information content (AvgIpc) is 2.27. The molecule has 0 saturated carbocycles. The van der Waals surface area contributed by atoms with Crippen LogP contribution in [0.4, 0.5) is 0 Å². The van der Waals surface area contributed by atoms with Crippen molar-refractivity contribution in [2.24, 2.45) is 0 Å². The Hall–Kier alpha value is -0.130. The van der Waals surface area contributed by atoms with Gasteiger partial charge in [0, 0.05) is 25.7 Å². The maximum atomic E-state index is 11.8. The Balaban J connectivity index is 2.55. The second kappa shape index (κ2) is 5.82. The van der Waals surface area contributed by atoms with E-state index in [2.05, 4.69) is 12.2 Å². The first-order valence-electron chi connectivity index (χ1n) is 5.77. The number of nitrogens with zero attached hydrogens (tertiary/aromatic N) is 1. The number of nitrogens with one attached hydrogen (secondary N) is 1. The zero-order chi connectivity index (χ0) is 11.3. The summed E-state index contributed by atoms with van der Waals surface area (Å²) in [6.07, 6.45) is 3.21. The summed E-state index contributed by atoms with van der Waals surface area (Å²) < 4.78 is 25.3. The molecule has 1 N–H and O–H groups in total. The van der Waals surface area contributed by atoms with Crippen molar-refractivity contribution in [3.8, 4) is 0 Å². The van der Waals surface area contributed by atoms with Crippen molar-refractivity contribution < 1.29 is 8.42 Å². The van der Waals surface area contributed by atoms with E-state index in [1.54, 1.807) is 4.31 Å². The normalized spacial score (nSPS) is 27.5. The molecule has 1 rings (SSSR count). The highest BCUT2D eigenvalue weighted by atomic mass is 32.2. The summed E-state index contributed by atoms with van der Waals surface area (Å²) in [4.78, 5) is 0. The first-order chi connectivity index (χ1) is 7.06. The van der Waals surface area contributed by atoms with Gasteiger partial charge < -0.3 is 5.32 Å². The maximum absolute atomic E-state index is 11.8. The smallest absolute Gasteiger partial charge is 0.215 e. The van der Waals surface area contributed by atoms with Gasteiger partial charge in [0.1, 0.15) is 0 Å². The summed E-state index contributed by atoms with van der Waals surface area (Å²) in [5.74, 6) is 0.240. The van der Waals surface area contributed by atoms with Crippen LogP contribution in [0.15, 0.2) is 0 Å². The van der Waals surface area contributed by atoms with Crippen molar-refractivity contribution in [2.45, 2.75) is 39.2 Å². The fourth-order valence-corrected chi connectivity index (χ4v) is 3.31. The van der Waals surface area contributed by atoms with Crippen molar-refractivity contribution in [2.75, 3.05) is 25.4 Å². The Bertz CT molecular complexity index is 277. The molecule has 1 atom stereocenters. The van der Waals surface area contributed by atoms with E-state index in [-0.39, 0.29) is 11.8 Å². The molecule has 1 unspecified atom stereocenters. The largest absolute Gasteiger partial charge is 0.312 e. The molecule has 0 aromatic carbocycles. The monoisotopic (exact) mass is 234 g/mol. The highest BCUT2D eigenvalue weighted by molar-refractivity contribution is 7.89. The van der Waals surface area contributed by atoms with Gasteiger partial charge in [0.2, 0.25) is 10.0 Å². The fraction of sp³-hybridized carbons (Fsp3) is 1.00. The lowest BCUT2D eigenvalue weighted by molar-refractivity contribution is 0.373. The van der Waals surface area contributed by atoms with Crippen molar-refractivity contribution in [1.82, 2.24) is 9.62 Å². The zero-order valence-corrected chi connectivity index (χ0v) is 10.5. The second-order valence-electron chi connectivity index (χ2n) is 4.24. The quantitative estimate of drug-likeness (QED) is 0.732. The molecule has 15 heavy (non-hydrogen) atoms. The fourth-order valence-electron chi connectivity index (χ4n) is 1.82. The summed E-state index contributed by atoms with van der Waals surface area (Å²) in [5.41, 5.74) is 0. The minimum Gasteiger partial charge on any atom is -0.312 e. The van der Waals surface area contributed by atoms with Crippen LogP contribution in [0.3, 0.4) is 0 Å². The van der Waals surface area contributed by atoms with Crippen LogP contribution in [0.1, 0.15) is 33.1 Å². The SMILES string of the molecule is CCCCCN1CC(C)NCCS1(=O)=O. The zero-order valence-electron chi connectivity index (χ0n) is 9.70. The molecule has 0 radical (unpaired) electrons.